The van der Waals surface area contributed by atoms with Gasteiger partial charge in [-0.15, -0.1) is 0 Å². The van der Waals surface area contributed by atoms with Gasteiger partial charge >= 0.3 is 6.01 Å². The highest BCUT2D eigenvalue weighted by molar-refractivity contribution is 6.04. The maximum atomic E-state index is 12.8. The summed E-state index contributed by atoms with van der Waals surface area (Å²) in [7, 11) is 0. The van der Waals surface area contributed by atoms with Crippen LogP contribution in [0.2, 0.25) is 0 Å². The Labute approximate surface area is 190 Å². The zero-order valence-electron chi connectivity index (χ0n) is 18.2. The summed E-state index contributed by atoms with van der Waals surface area (Å²) in [6.45, 7) is 3.78. The second kappa shape index (κ2) is 8.55. The minimum absolute atomic E-state index is 0.215. The lowest BCUT2D eigenvalue weighted by Crippen LogP contribution is -2.12. The van der Waals surface area contributed by atoms with Crippen molar-refractivity contribution in [1.82, 2.24) is 19.4 Å². The number of rotatable bonds is 5. The van der Waals surface area contributed by atoms with Crippen molar-refractivity contribution in [1.29, 1.82) is 0 Å². The molecular formula is C26H21N5O2. The second-order valence-electron chi connectivity index (χ2n) is 7.69. The maximum Gasteiger partial charge on any atom is 0.322 e. The van der Waals surface area contributed by atoms with E-state index in [4.69, 9.17) is 4.74 Å². The van der Waals surface area contributed by atoms with Gasteiger partial charge in [0.25, 0.3) is 5.91 Å². The summed E-state index contributed by atoms with van der Waals surface area (Å²) in [5.74, 6) is 0.373. The van der Waals surface area contributed by atoms with Crippen LogP contribution in [-0.4, -0.2) is 25.3 Å². The van der Waals surface area contributed by atoms with E-state index in [0.717, 1.165) is 22.6 Å². The number of anilines is 1. The molecule has 0 spiro atoms. The van der Waals surface area contributed by atoms with Crippen molar-refractivity contribution in [3.05, 3.63) is 102 Å². The summed E-state index contributed by atoms with van der Waals surface area (Å²) in [6, 6.07) is 22.7. The van der Waals surface area contributed by atoms with Gasteiger partial charge < -0.3 is 14.5 Å². The topological polar surface area (TPSA) is 81.4 Å². The van der Waals surface area contributed by atoms with Crippen molar-refractivity contribution in [3.8, 4) is 23.0 Å². The number of ether oxygens (including phenoxy) is 1. The van der Waals surface area contributed by atoms with E-state index in [9.17, 15) is 4.79 Å². The molecule has 3 heterocycles. The quantitative estimate of drug-likeness (QED) is 0.397. The molecule has 0 aliphatic rings. The van der Waals surface area contributed by atoms with E-state index >= 15 is 0 Å². The van der Waals surface area contributed by atoms with Crippen LogP contribution in [0.1, 0.15) is 21.7 Å². The Hall–Kier alpha value is -4.52. The molecule has 162 valence electrons. The number of nitrogens with zero attached hydrogens (tertiary/aromatic N) is 4. The van der Waals surface area contributed by atoms with Crippen LogP contribution >= 0.6 is 0 Å². The van der Waals surface area contributed by atoms with E-state index in [0.29, 0.717) is 28.7 Å². The van der Waals surface area contributed by atoms with Crippen molar-refractivity contribution >= 4 is 17.2 Å². The van der Waals surface area contributed by atoms with Gasteiger partial charge in [0.15, 0.2) is 0 Å². The number of fused-ring (bicyclic) bond motifs is 1. The Kier molecular flexibility index (Phi) is 5.28. The first-order valence-corrected chi connectivity index (χ1v) is 10.5. The molecule has 7 nitrogen and oxygen atoms in total. The number of carbonyl (C=O) groups excluding carboxylic acids is 1. The highest BCUT2D eigenvalue weighted by Crippen LogP contribution is 2.22. The van der Waals surface area contributed by atoms with Crippen molar-refractivity contribution in [2.75, 3.05) is 5.32 Å². The monoisotopic (exact) mass is 435 g/mol. The highest BCUT2D eigenvalue weighted by Gasteiger charge is 2.10. The molecule has 0 saturated heterocycles. The van der Waals surface area contributed by atoms with E-state index < -0.39 is 0 Å². The van der Waals surface area contributed by atoms with Crippen molar-refractivity contribution in [2.45, 2.75) is 13.8 Å². The Morgan fingerprint density at radius 1 is 0.879 bits per heavy atom. The zero-order chi connectivity index (χ0) is 22.8. The molecule has 0 bridgehead atoms. The molecule has 7 heteroatoms. The first-order valence-electron chi connectivity index (χ1n) is 10.5. The number of nitrogens with one attached hydrogen (secondary N) is 1. The van der Waals surface area contributed by atoms with Gasteiger partial charge in [0.05, 0.1) is 5.69 Å². The van der Waals surface area contributed by atoms with Crippen molar-refractivity contribution in [2.24, 2.45) is 0 Å². The Balaban J connectivity index is 1.29. The number of imidazole rings is 1. The normalized spacial score (nSPS) is 10.8. The number of hydrogen-bond donors (Lipinski definition) is 1. The lowest BCUT2D eigenvalue weighted by molar-refractivity contribution is 0.102. The molecule has 3 aromatic heterocycles. The Morgan fingerprint density at radius 3 is 2.33 bits per heavy atom. The number of pyridine rings is 1. The summed E-state index contributed by atoms with van der Waals surface area (Å²) in [4.78, 5) is 26.0. The fourth-order valence-corrected chi connectivity index (χ4v) is 3.53. The molecule has 0 fully saturated rings. The first kappa shape index (κ1) is 20.4. The minimum atomic E-state index is -0.215. The molecule has 5 aromatic rings. The molecule has 5 rings (SSSR count). The second-order valence-corrected chi connectivity index (χ2v) is 7.69. The van der Waals surface area contributed by atoms with Crippen LogP contribution in [0.5, 0.6) is 11.8 Å². The van der Waals surface area contributed by atoms with Gasteiger partial charge in [-0.1, -0.05) is 30.3 Å². The number of aromatic nitrogens is 4. The van der Waals surface area contributed by atoms with Gasteiger partial charge in [-0.2, -0.15) is 0 Å². The molecule has 1 amide bonds. The predicted molar refractivity (Wildman–Crippen MR) is 127 cm³/mol. The van der Waals surface area contributed by atoms with E-state index in [2.05, 4.69) is 20.3 Å². The molecule has 0 saturated carbocycles. The number of aryl methyl sites for hydroxylation is 2. The molecule has 2 aromatic carbocycles. The summed E-state index contributed by atoms with van der Waals surface area (Å²) in [5.41, 5.74) is 5.45. The minimum Gasteiger partial charge on any atom is -0.424 e. The number of hydrogen-bond acceptors (Lipinski definition) is 5. The molecule has 0 radical (unpaired) electrons. The van der Waals surface area contributed by atoms with Crippen LogP contribution in [0.4, 0.5) is 5.69 Å². The molecule has 1 N–H and O–H groups in total. The molecule has 0 aliphatic heterocycles. The molecule has 0 unspecified atom stereocenters. The number of carbonyl (C=O) groups is 1. The van der Waals surface area contributed by atoms with E-state index in [1.807, 2.05) is 67.0 Å². The molecular weight excluding hydrogens is 414 g/mol. The Morgan fingerprint density at radius 2 is 1.61 bits per heavy atom. The summed E-state index contributed by atoms with van der Waals surface area (Å²) in [6.07, 6.45) is 3.79. The highest BCUT2D eigenvalue weighted by atomic mass is 16.5. The molecule has 0 aliphatic carbocycles. The summed E-state index contributed by atoms with van der Waals surface area (Å²) < 4.78 is 7.63. The zero-order valence-corrected chi connectivity index (χ0v) is 18.2. The van der Waals surface area contributed by atoms with Gasteiger partial charge in [-0.25, -0.2) is 15.0 Å². The number of amides is 1. The van der Waals surface area contributed by atoms with Crippen molar-refractivity contribution < 1.29 is 9.53 Å². The number of benzene rings is 2. The van der Waals surface area contributed by atoms with Crippen LogP contribution < -0.4 is 10.1 Å². The standard InChI is InChI=1S/C26H21N5O2/c1-17-14-18(2)28-26(27-17)33-22-10-8-21(9-11-22)29-25(32)20-12-13-31-16-23(30-24(31)15-20)19-6-4-3-5-7-19/h3-16H,1-2H3,(H,29,32). The predicted octanol–water partition coefficient (Wildman–Crippen LogP) is 5.45. The SMILES string of the molecule is Cc1cc(C)nc(Oc2ccc(NC(=O)c3ccn4cc(-c5ccccc5)nc4c3)cc2)n1. The first-order chi connectivity index (χ1) is 16.0. The van der Waals surface area contributed by atoms with Crippen LogP contribution in [-0.2, 0) is 0 Å². The van der Waals surface area contributed by atoms with Gasteiger partial charge in [-0.3, -0.25) is 4.79 Å². The molecule has 33 heavy (non-hydrogen) atoms. The summed E-state index contributed by atoms with van der Waals surface area (Å²) in [5, 5.41) is 2.91. The maximum absolute atomic E-state index is 12.8. The average Bonchev–Trinajstić information content (AvgIpc) is 3.24. The van der Waals surface area contributed by atoms with Crippen LogP contribution in [0, 0.1) is 13.8 Å². The third-order valence-electron chi connectivity index (χ3n) is 5.08. The van der Waals surface area contributed by atoms with Crippen molar-refractivity contribution in [3.63, 3.8) is 0 Å². The van der Waals surface area contributed by atoms with Gasteiger partial charge in [-0.05, 0) is 56.3 Å². The summed E-state index contributed by atoms with van der Waals surface area (Å²) >= 11 is 0. The fourth-order valence-electron chi connectivity index (χ4n) is 3.53. The lowest BCUT2D eigenvalue weighted by Gasteiger charge is -2.08. The van der Waals surface area contributed by atoms with Gasteiger partial charge in [0.2, 0.25) is 0 Å². The van der Waals surface area contributed by atoms with E-state index in [-0.39, 0.29) is 5.91 Å². The lowest BCUT2D eigenvalue weighted by atomic mass is 10.2. The molecule has 0 atom stereocenters. The average molecular weight is 435 g/mol. The van der Waals surface area contributed by atoms with Crippen LogP contribution in [0.15, 0.2) is 85.2 Å². The van der Waals surface area contributed by atoms with E-state index in [1.165, 1.54) is 0 Å². The van der Waals surface area contributed by atoms with E-state index in [1.54, 1.807) is 36.4 Å². The smallest absolute Gasteiger partial charge is 0.322 e. The van der Waals surface area contributed by atoms with Crippen LogP contribution in [0.25, 0.3) is 16.9 Å². The van der Waals surface area contributed by atoms with Gasteiger partial charge in [0.1, 0.15) is 11.4 Å². The fraction of sp³-hybridized carbons (Fsp3) is 0.0769. The largest absolute Gasteiger partial charge is 0.424 e. The third kappa shape index (κ3) is 4.57. The van der Waals surface area contributed by atoms with Crippen LogP contribution in [0.3, 0.4) is 0 Å². The third-order valence-corrected chi connectivity index (χ3v) is 5.08. The Bertz CT molecular complexity index is 1420. The van der Waals surface area contributed by atoms with Gasteiger partial charge in [0, 0.05) is 40.6 Å².